The second-order valence-corrected chi connectivity index (χ2v) is 11.4. The van der Waals surface area contributed by atoms with Crippen LogP contribution in [0.4, 0.5) is 11.4 Å². The van der Waals surface area contributed by atoms with E-state index in [0.29, 0.717) is 67.2 Å². The van der Waals surface area contributed by atoms with E-state index in [-0.39, 0.29) is 30.6 Å². The SMILES string of the molecule is COC(=O)c1cc(NC[C@@H]2CCO2)c(NC(=O)Cc2ccc3cc2COCCc2cc(C#N)ccc2COc2ccnc-3n2)c(OC)c1. The van der Waals surface area contributed by atoms with E-state index in [9.17, 15) is 14.9 Å². The number of ether oxygens (including phenoxy) is 5. The highest BCUT2D eigenvalue weighted by molar-refractivity contribution is 6.00. The van der Waals surface area contributed by atoms with Crippen LogP contribution < -0.4 is 20.1 Å². The van der Waals surface area contributed by atoms with Gasteiger partial charge in [-0.3, -0.25) is 4.79 Å². The van der Waals surface area contributed by atoms with E-state index in [4.69, 9.17) is 23.7 Å². The normalized spacial score (nSPS) is 15.3. The van der Waals surface area contributed by atoms with Crippen molar-refractivity contribution >= 4 is 23.3 Å². The Labute approximate surface area is 278 Å². The maximum Gasteiger partial charge on any atom is 0.338 e. The highest BCUT2D eigenvalue weighted by atomic mass is 16.5. The molecule has 2 aliphatic heterocycles. The fraction of sp³-hybridized carbons (Fsp3) is 0.306. The molecule has 4 bridgehead atoms. The third-order valence-electron chi connectivity index (χ3n) is 8.25. The summed E-state index contributed by atoms with van der Waals surface area (Å²) >= 11 is 0. The summed E-state index contributed by atoms with van der Waals surface area (Å²) in [6.45, 7) is 2.12. The van der Waals surface area contributed by atoms with Gasteiger partial charge in [0.2, 0.25) is 11.8 Å². The maximum absolute atomic E-state index is 13.6. The molecule has 4 aromatic rings. The third kappa shape index (κ3) is 7.54. The van der Waals surface area contributed by atoms with Crippen LogP contribution in [0.5, 0.6) is 11.6 Å². The molecule has 3 heterocycles. The van der Waals surface area contributed by atoms with Crippen LogP contribution in [0.3, 0.4) is 0 Å². The Morgan fingerprint density at radius 3 is 2.67 bits per heavy atom. The lowest BCUT2D eigenvalue weighted by atomic mass is 10.0. The first-order valence-electron chi connectivity index (χ1n) is 15.6. The molecule has 1 aromatic heterocycles. The van der Waals surface area contributed by atoms with Crippen molar-refractivity contribution in [3.63, 3.8) is 0 Å². The Kier molecular flexibility index (Phi) is 10.1. The largest absolute Gasteiger partial charge is 0.494 e. The zero-order valence-corrected chi connectivity index (χ0v) is 26.7. The number of nitrogens with one attached hydrogen (secondary N) is 2. The number of benzene rings is 3. The zero-order valence-electron chi connectivity index (χ0n) is 26.7. The summed E-state index contributed by atoms with van der Waals surface area (Å²) in [6, 6.07) is 18.2. The van der Waals surface area contributed by atoms with Gasteiger partial charge in [-0.25, -0.2) is 9.78 Å². The van der Waals surface area contributed by atoms with Gasteiger partial charge in [0.05, 0.1) is 62.8 Å². The van der Waals surface area contributed by atoms with Crippen molar-refractivity contribution in [2.24, 2.45) is 0 Å². The van der Waals surface area contributed by atoms with Gasteiger partial charge < -0.3 is 34.3 Å². The molecule has 2 N–H and O–H groups in total. The maximum atomic E-state index is 13.6. The molecule has 1 amide bonds. The fourth-order valence-electron chi connectivity index (χ4n) is 5.52. The number of carbonyl (C=O) groups excluding carboxylic acids is 2. The molecule has 12 heteroatoms. The van der Waals surface area contributed by atoms with E-state index in [2.05, 4.69) is 26.7 Å². The average molecular weight is 650 g/mol. The predicted molar refractivity (Wildman–Crippen MR) is 176 cm³/mol. The monoisotopic (exact) mass is 649 g/mol. The molecule has 3 aromatic carbocycles. The number of carbonyl (C=O) groups is 2. The summed E-state index contributed by atoms with van der Waals surface area (Å²) in [6.07, 6.45) is 3.20. The summed E-state index contributed by atoms with van der Waals surface area (Å²) in [4.78, 5) is 35.1. The van der Waals surface area contributed by atoms with Gasteiger partial charge in [-0.1, -0.05) is 18.2 Å². The predicted octanol–water partition coefficient (Wildman–Crippen LogP) is 4.84. The minimum atomic E-state index is -0.528. The molecule has 2 aliphatic rings. The van der Waals surface area contributed by atoms with Crippen LogP contribution >= 0.6 is 0 Å². The molecule has 0 radical (unpaired) electrons. The van der Waals surface area contributed by atoms with Gasteiger partial charge in [-0.2, -0.15) is 10.2 Å². The lowest BCUT2D eigenvalue weighted by Gasteiger charge is -2.27. The fourth-order valence-corrected chi connectivity index (χ4v) is 5.52. The summed E-state index contributed by atoms with van der Waals surface area (Å²) < 4.78 is 28.2. The number of aromatic nitrogens is 2. The van der Waals surface area contributed by atoms with Gasteiger partial charge >= 0.3 is 5.97 Å². The Balaban J connectivity index is 1.26. The van der Waals surface area contributed by atoms with Crippen LogP contribution in [-0.2, 0) is 45.1 Å². The third-order valence-corrected chi connectivity index (χ3v) is 8.25. The van der Waals surface area contributed by atoms with Crippen LogP contribution in [0.15, 0.2) is 60.8 Å². The number of hydrogen-bond acceptors (Lipinski definition) is 11. The van der Waals surface area contributed by atoms with E-state index in [1.165, 1.54) is 20.3 Å². The van der Waals surface area contributed by atoms with Gasteiger partial charge in [0, 0.05) is 31.0 Å². The van der Waals surface area contributed by atoms with E-state index in [1.807, 2.05) is 30.3 Å². The van der Waals surface area contributed by atoms with Crippen LogP contribution in [0.2, 0.25) is 0 Å². The topological polar surface area (TPSA) is 154 Å². The number of nitrogens with zero attached hydrogens (tertiary/aromatic N) is 3. The molecule has 48 heavy (non-hydrogen) atoms. The molecule has 0 spiro atoms. The Morgan fingerprint density at radius 1 is 1.02 bits per heavy atom. The van der Waals surface area contributed by atoms with Crippen LogP contribution in [0.25, 0.3) is 11.4 Å². The number of fused-ring (bicyclic) bond motifs is 6. The minimum Gasteiger partial charge on any atom is -0.494 e. The Morgan fingerprint density at radius 2 is 1.90 bits per heavy atom. The summed E-state index contributed by atoms with van der Waals surface area (Å²) in [5.74, 6) is 0.384. The second kappa shape index (κ2) is 14.9. The molecule has 0 aliphatic carbocycles. The molecular formula is C36H35N5O7. The molecule has 6 rings (SSSR count). The Bertz CT molecular complexity index is 1870. The van der Waals surface area contributed by atoms with Crippen molar-refractivity contribution in [2.75, 3.05) is 44.6 Å². The van der Waals surface area contributed by atoms with Gasteiger partial charge in [0.25, 0.3) is 0 Å². The first-order chi connectivity index (χ1) is 23.4. The second-order valence-electron chi connectivity index (χ2n) is 11.4. The summed E-state index contributed by atoms with van der Waals surface area (Å²) in [5.41, 5.74) is 5.96. The zero-order chi connectivity index (χ0) is 33.5. The van der Waals surface area contributed by atoms with Gasteiger partial charge in [0.15, 0.2) is 5.82 Å². The van der Waals surface area contributed by atoms with Crippen molar-refractivity contribution in [1.29, 1.82) is 5.26 Å². The number of amides is 1. The van der Waals surface area contributed by atoms with Crippen molar-refractivity contribution in [1.82, 2.24) is 9.97 Å². The number of anilines is 2. The molecule has 0 saturated carbocycles. The average Bonchev–Trinajstić information content (AvgIpc) is 3.09. The van der Waals surface area contributed by atoms with Crippen molar-refractivity contribution in [3.05, 3.63) is 94.2 Å². The molecule has 1 fully saturated rings. The van der Waals surface area contributed by atoms with E-state index in [1.54, 1.807) is 24.4 Å². The molecule has 1 atom stereocenters. The standard InChI is InChI=1S/C36H35N5O7/c1-44-31-16-27(36(43)45-2)15-30(39-19-29-9-12-47-29)34(31)40-32(42)17-23-5-6-25-14-28(23)20-46-11-8-24-13-22(18-37)3-4-26(24)21-48-33-7-10-38-35(25)41-33/h3-7,10,13-16,29,39H,8-9,11-12,17,19-21H2,1-2H3,(H,40,42)/t29-/m0/s1. The van der Waals surface area contributed by atoms with Gasteiger partial charge in [-0.05, 0) is 65.4 Å². The summed E-state index contributed by atoms with van der Waals surface area (Å²) in [7, 11) is 2.78. The quantitative estimate of drug-likeness (QED) is 0.252. The van der Waals surface area contributed by atoms with Gasteiger partial charge in [0.1, 0.15) is 18.0 Å². The van der Waals surface area contributed by atoms with Gasteiger partial charge in [-0.15, -0.1) is 0 Å². The molecule has 246 valence electrons. The number of hydrogen-bond donors (Lipinski definition) is 2. The molecule has 12 nitrogen and oxygen atoms in total. The number of esters is 1. The Hall–Kier alpha value is -5.51. The lowest BCUT2D eigenvalue weighted by molar-refractivity contribution is -0.115. The van der Waals surface area contributed by atoms with E-state index in [0.717, 1.165) is 34.2 Å². The molecular weight excluding hydrogens is 614 g/mol. The first kappa shape index (κ1) is 32.4. The van der Waals surface area contributed by atoms with Crippen LogP contribution in [-0.4, -0.2) is 61.9 Å². The molecule has 1 saturated heterocycles. The first-order valence-corrected chi connectivity index (χ1v) is 15.6. The number of methoxy groups -OCH3 is 2. The van der Waals surface area contributed by atoms with E-state index >= 15 is 0 Å². The van der Waals surface area contributed by atoms with Crippen molar-refractivity contribution in [3.8, 4) is 29.1 Å². The van der Waals surface area contributed by atoms with E-state index < -0.39 is 5.97 Å². The summed E-state index contributed by atoms with van der Waals surface area (Å²) in [5, 5.41) is 15.7. The smallest absolute Gasteiger partial charge is 0.338 e. The minimum absolute atomic E-state index is 0.0322. The number of rotatable bonds is 8. The highest BCUT2D eigenvalue weighted by Crippen LogP contribution is 2.36. The van der Waals surface area contributed by atoms with Crippen LogP contribution in [0, 0.1) is 11.3 Å². The number of nitriles is 1. The lowest BCUT2D eigenvalue weighted by Crippen LogP contribution is -2.33. The van der Waals surface area contributed by atoms with Crippen molar-refractivity contribution in [2.45, 2.75) is 38.6 Å². The van der Waals surface area contributed by atoms with Crippen LogP contribution in [0.1, 0.15) is 44.6 Å². The highest BCUT2D eigenvalue weighted by Gasteiger charge is 2.22. The van der Waals surface area contributed by atoms with Crippen molar-refractivity contribution < 1.29 is 33.3 Å². The molecule has 0 unspecified atom stereocenters.